The highest BCUT2D eigenvalue weighted by Crippen LogP contribution is 2.18. The molecule has 5 nitrogen and oxygen atoms in total. The maximum Gasteiger partial charge on any atom is 0.313 e. The van der Waals surface area contributed by atoms with Crippen molar-refractivity contribution in [2.75, 3.05) is 36.9 Å². The van der Waals surface area contributed by atoms with Gasteiger partial charge in [-0.3, -0.25) is 9.69 Å². The summed E-state index contributed by atoms with van der Waals surface area (Å²) in [5.41, 5.74) is 0.946. The molecule has 1 aromatic heterocycles. The third-order valence-electron chi connectivity index (χ3n) is 2.95. The number of nitrogens with zero attached hydrogens (tertiary/aromatic N) is 3. The van der Waals surface area contributed by atoms with Gasteiger partial charge in [-0.1, -0.05) is 11.8 Å². The number of hydrogen-bond acceptors (Lipinski definition) is 5. The fourth-order valence-electron chi connectivity index (χ4n) is 2.00. The van der Waals surface area contributed by atoms with Gasteiger partial charge in [0.25, 0.3) is 0 Å². The Bertz CT molecular complexity index is 431. The molecule has 0 radical (unpaired) electrons. The monoisotopic (exact) mass is 301 g/mol. The molecule has 1 N–H and O–H groups in total. The van der Waals surface area contributed by atoms with Gasteiger partial charge in [0.05, 0.1) is 11.4 Å². The van der Waals surface area contributed by atoms with Crippen LogP contribution in [0.2, 0.25) is 0 Å². The third-order valence-corrected chi connectivity index (χ3v) is 4.86. The minimum Gasteiger partial charge on any atom is -0.481 e. The zero-order valence-corrected chi connectivity index (χ0v) is 12.7. The Morgan fingerprint density at radius 3 is 2.89 bits per heavy atom. The van der Waals surface area contributed by atoms with E-state index in [9.17, 15) is 4.79 Å². The molecule has 1 saturated heterocycles. The molecule has 106 valence electrons. The molecule has 0 aromatic carbocycles. The van der Waals surface area contributed by atoms with Gasteiger partial charge in [-0.05, 0) is 6.92 Å². The van der Waals surface area contributed by atoms with E-state index in [0.29, 0.717) is 0 Å². The fourth-order valence-corrected chi connectivity index (χ4v) is 3.75. The van der Waals surface area contributed by atoms with Gasteiger partial charge in [0, 0.05) is 43.9 Å². The van der Waals surface area contributed by atoms with Crippen molar-refractivity contribution in [3.05, 3.63) is 11.9 Å². The number of carboxylic acid groups (broad SMARTS) is 1. The van der Waals surface area contributed by atoms with Crippen LogP contribution < -0.4 is 0 Å². The number of imidazole rings is 1. The second kappa shape index (κ2) is 7.21. The number of carboxylic acids is 1. The first-order valence-electron chi connectivity index (χ1n) is 6.33. The second-order valence-electron chi connectivity index (χ2n) is 4.49. The standard InChI is InChI=1S/C12H19N3O2S2/c1-10-8-15(12(13-10)19-9-11(16)17)3-2-14-4-6-18-7-5-14/h8H,2-7,9H2,1H3,(H,16,17). The Hall–Kier alpha value is -0.660. The van der Waals surface area contributed by atoms with E-state index >= 15 is 0 Å². The number of carbonyl (C=O) groups is 1. The van der Waals surface area contributed by atoms with E-state index in [2.05, 4.69) is 14.5 Å². The lowest BCUT2D eigenvalue weighted by Crippen LogP contribution is -2.35. The number of aliphatic carboxylic acids is 1. The van der Waals surface area contributed by atoms with Crippen LogP contribution in [0, 0.1) is 6.92 Å². The summed E-state index contributed by atoms with van der Waals surface area (Å²) in [6.07, 6.45) is 2.00. The molecule has 0 saturated carbocycles. The van der Waals surface area contributed by atoms with Crippen LogP contribution in [0.3, 0.4) is 0 Å². The van der Waals surface area contributed by atoms with Gasteiger partial charge in [0.1, 0.15) is 0 Å². The van der Waals surface area contributed by atoms with Crippen LogP contribution in [0.5, 0.6) is 0 Å². The summed E-state index contributed by atoms with van der Waals surface area (Å²) >= 11 is 3.30. The van der Waals surface area contributed by atoms with E-state index in [1.165, 1.54) is 23.3 Å². The van der Waals surface area contributed by atoms with Gasteiger partial charge in [0.2, 0.25) is 0 Å². The molecule has 0 spiro atoms. The van der Waals surface area contributed by atoms with Gasteiger partial charge in [-0.2, -0.15) is 11.8 Å². The number of thioether (sulfide) groups is 2. The van der Waals surface area contributed by atoms with Crippen molar-refractivity contribution in [1.82, 2.24) is 14.5 Å². The summed E-state index contributed by atoms with van der Waals surface area (Å²) in [6, 6.07) is 0. The third kappa shape index (κ3) is 4.74. The van der Waals surface area contributed by atoms with Crippen molar-refractivity contribution in [2.24, 2.45) is 0 Å². The Labute approximate surface area is 121 Å². The highest BCUT2D eigenvalue weighted by molar-refractivity contribution is 7.99. The average molecular weight is 301 g/mol. The molecule has 0 aliphatic carbocycles. The Morgan fingerprint density at radius 1 is 1.47 bits per heavy atom. The van der Waals surface area contributed by atoms with Crippen LogP contribution in [-0.2, 0) is 11.3 Å². The molecule has 2 heterocycles. The first-order valence-corrected chi connectivity index (χ1v) is 8.47. The highest BCUT2D eigenvalue weighted by atomic mass is 32.2. The number of aryl methyl sites for hydroxylation is 1. The van der Waals surface area contributed by atoms with Crippen molar-refractivity contribution >= 4 is 29.5 Å². The summed E-state index contributed by atoms with van der Waals surface area (Å²) in [5.74, 6) is 1.69. The van der Waals surface area contributed by atoms with Crippen molar-refractivity contribution in [3.63, 3.8) is 0 Å². The largest absolute Gasteiger partial charge is 0.481 e. The van der Waals surface area contributed by atoms with Crippen molar-refractivity contribution in [3.8, 4) is 0 Å². The molecule has 1 aliphatic rings. The summed E-state index contributed by atoms with van der Waals surface area (Å²) in [6.45, 7) is 6.13. The second-order valence-corrected chi connectivity index (χ2v) is 6.66. The van der Waals surface area contributed by atoms with E-state index in [0.717, 1.165) is 37.0 Å². The summed E-state index contributed by atoms with van der Waals surface area (Å²) < 4.78 is 2.07. The lowest BCUT2D eigenvalue weighted by atomic mass is 10.4. The molecule has 1 aliphatic heterocycles. The predicted molar refractivity (Wildman–Crippen MR) is 79.1 cm³/mol. The molecule has 1 aromatic rings. The van der Waals surface area contributed by atoms with Crippen LogP contribution in [0.25, 0.3) is 0 Å². The van der Waals surface area contributed by atoms with Gasteiger partial charge < -0.3 is 9.67 Å². The first kappa shape index (κ1) is 14.7. The van der Waals surface area contributed by atoms with E-state index in [1.54, 1.807) is 0 Å². The number of rotatable bonds is 6. The molecule has 0 unspecified atom stereocenters. The van der Waals surface area contributed by atoms with Crippen molar-refractivity contribution < 1.29 is 9.90 Å². The van der Waals surface area contributed by atoms with Gasteiger partial charge in [-0.15, -0.1) is 0 Å². The van der Waals surface area contributed by atoms with E-state index in [1.807, 2.05) is 24.9 Å². The summed E-state index contributed by atoms with van der Waals surface area (Å²) in [7, 11) is 0. The molecule has 7 heteroatoms. The Morgan fingerprint density at radius 2 is 2.21 bits per heavy atom. The van der Waals surface area contributed by atoms with Crippen LogP contribution in [0.4, 0.5) is 0 Å². The van der Waals surface area contributed by atoms with E-state index < -0.39 is 5.97 Å². The lowest BCUT2D eigenvalue weighted by molar-refractivity contribution is -0.133. The maximum absolute atomic E-state index is 10.6. The molecular formula is C12H19N3O2S2. The molecular weight excluding hydrogens is 282 g/mol. The highest BCUT2D eigenvalue weighted by Gasteiger charge is 2.12. The normalized spacial score (nSPS) is 16.7. The molecule has 0 amide bonds. The summed E-state index contributed by atoms with van der Waals surface area (Å²) in [4.78, 5) is 17.5. The smallest absolute Gasteiger partial charge is 0.313 e. The van der Waals surface area contributed by atoms with E-state index in [-0.39, 0.29) is 5.75 Å². The minimum absolute atomic E-state index is 0.0663. The van der Waals surface area contributed by atoms with E-state index in [4.69, 9.17) is 5.11 Å². The zero-order chi connectivity index (χ0) is 13.7. The van der Waals surface area contributed by atoms with Gasteiger partial charge in [0.15, 0.2) is 5.16 Å². The van der Waals surface area contributed by atoms with Crippen LogP contribution in [-0.4, -0.2) is 62.4 Å². The number of aromatic nitrogens is 2. The maximum atomic E-state index is 10.6. The molecule has 0 bridgehead atoms. The zero-order valence-electron chi connectivity index (χ0n) is 11.0. The van der Waals surface area contributed by atoms with Crippen LogP contribution in [0.1, 0.15) is 5.69 Å². The molecule has 2 rings (SSSR count). The lowest BCUT2D eigenvalue weighted by Gasteiger charge is -2.26. The number of hydrogen-bond donors (Lipinski definition) is 1. The predicted octanol–water partition coefficient (Wildman–Crippen LogP) is 1.42. The Balaban J connectivity index is 1.89. The quantitative estimate of drug-likeness (QED) is 0.802. The minimum atomic E-state index is -0.801. The molecule has 1 fully saturated rings. The Kier molecular flexibility index (Phi) is 5.59. The first-order chi connectivity index (χ1) is 9.15. The molecule has 0 atom stereocenters. The summed E-state index contributed by atoms with van der Waals surface area (Å²) in [5, 5.41) is 9.55. The topological polar surface area (TPSA) is 58.4 Å². The molecule has 19 heavy (non-hydrogen) atoms. The SMILES string of the molecule is Cc1cn(CCN2CCSCC2)c(SCC(=O)O)n1. The average Bonchev–Trinajstić information content (AvgIpc) is 2.75. The van der Waals surface area contributed by atoms with Crippen LogP contribution in [0.15, 0.2) is 11.4 Å². The van der Waals surface area contributed by atoms with Gasteiger partial charge >= 0.3 is 5.97 Å². The van der Waals surface area contributed by atoms with Crippen LogP contribution >= 0.6 is 23.5 Å². The van der Waals surface area contributed by atoms with Crippen molar-refractivity contribution in [2.45, 2.75) is 18.6 Å². The fraction of sp³-hybridized carbons (Fsp3) is 0.667. The van der Waals surface area contributed by atoms with Crippen molar-refractivity contribution in [1.29, 1.82) is 0 Å². The van der Waals surface area contributed by atoms with Gasteiger partial charge in [-0.25, -0.2) is 4.98 Å².